The summed E-state index contributed by atoms with van der Waals surface area (Å²) in [6, 6.07) is 12.2. The summed E-state index contributed by atoms with van der Waals surface area (Å²) in [5, 5.41) is 9.75. The Balaban J connectivity index is 0.00000192. The van der Waals surface area contributed by atoms with Gasteiger partial charge in [-0.25, -0.2) is 0 Å². The number of benzene rings is 2. The van der Waals surface area contributed by atoms with Crippen molar-refractivity contribution in [3.63, 3.8) is 0 Å². The minimum Gasteiger partial charge on any atom is -0.508 e. The van der Waals surface area contributed by atoms with Gasteiger partial charge in [-0.2, -0.15) is 0 Å². The van der Waals surface area contributed by atoms with E-state index in [0.717, 1.165) is 38.1 Å². The standard InChI is InChI=1S/C19H23NO2.ClH/c1-20-10-9-16-12-19(22-2)8-6-14(16)3-4-15-5-7-18(21)11-17(15)13-20;/h5-8,11-12,21H,3-4,9-10,13H2,1-2H3;1H. The van der Waals surface area contributed by atoms with Gasteiger partial charge in [-0.3, -0.25) is 0 Å². The maximum absolute atomic E-state index is 9.75. The molecule has 0 spiro atoms. The van der Waals surface area contributed by atoms with Crippen LogP contribution in [0.2, 0.25) is 0 Å². The van der Waals surface area contributed by atoms with Gasteiger partial charge in [-0.15, -0.1) is 12.4 Å². The molecule has 0 unspecified atom stereocenters. The van der Waals surface area contributed by atoms with Gasteiger partial charge in [0.05, 0.1) is 7.11 Å². The van der Waals surface area contributed by atoms with Crippen LogP contribution in [-0.4, -0.2) is 30.7 Å². The van der Waals surface area contributed by atoms with Crippen molar-refractivity contribution >= 4 is 12.4 Å². The molecule has 1 aliphatic heterocycles. The molecule has 3 rings (SSSR count). The molecule has 1 aliphatic rings. The van der Waals surface area contributed by atoms with E-state index in [9.17, 15) is 5.11 Å². The number of nitrogens with zero attached hydrogens (tertiary/aromatic N) is 1. The highest BCUT2D eigenvalue weighted by Crippen LogP contribution is 2.24. The third kappa shape index (κ3) is 4.18. The molecule has 2 aromatic rings. The average Bonchev–Trinajstić information content (AvgIpc) is 2.52. The molecule has 0 aliphatic carbocycles. The smallest absolute Gasteiger partial charge is 0.119 e. The lowest BCUT2D eigenvalue weighted by molar-refractivity contribution is 0.328. The van der Waals surface area contributed by atoms with Gasteiger partial charge < -0.3 is 14.7 Å². The number of hydrogen-bond donors (Lipinski definition) is 1. The first-order valence-electron chi connectivity index (χ1n) is 7.81. The van der Waals surface area contributed by atoms with Crippen LogP contribution < -0.4 is 4.74 Å². The van der Waals surface area contributed by atoms with E-state index in [1.807, 2.05) is 12.1 Å². The summed E-state index contributed by atoms with van der Waals surface area (Å²) in [6.07, 6.45) is 3.06. The van der Waals surface area contributed by atoms with E-state index in [0.29, 0.717) is 5.75 Å². The van der Waals surface area contributed by atoms with Crippen LogP contribution in [0.4, 0.5) is 0 Å². The Morgan fingerprint density at radius 2 is 1.61 bits per heavy atom. The van der Waals surface area contributed by atoms with E-state index < -0.39 is 0 Å². The number of aryl methyl sites for hydroxylation is 2. The molecule has 1 N–H and O–H groups in total. The lowest BCUT2D eigenvalue weighted by Crippen LogP contribution is -2.23. The van der Waals surface area contributed by atoms with Crippen molar-refractivity contribution in [1.82, 2.24) is 4.90 Å². The van der Waals surface area contributed by atoms with Crippen LogP contribution in [-0.2, 0) is 25.8 Å². The Morgan fingerprint density at radius 3 is 2.35 bits per heavy atom. The van der Waals surface area contributed by atoms with Crippen molar-refractivity contribution in [3.05, 3.63) is 58.7 Å². The molecule has 0 fully saturated rings. The van der Waals surface area contributed by atoms with Crippen LogP contribution in [0, 0.1) is 0 Å². The number of hydrogen-bond acceptors (Lipinski definition) is 3. The number of fused-ring (bicyclic) bond motifs is 2. The molecule has 124 valence electrons. The summed E-state index contributed by atoms with van der Waals surface area (Å²) < 4.78 is 5.36. The van der Waals surface area contributed by atoms with Crippen molar-refractivity contribution in [3.8, 4) is 11.5 Å². The van der Waals surface area contributed by atoms with E-state index in [1.54, 1.807) is 13.2 Å². The SMILES string of the molecule is COc1ccc2c(c1)CCN(C)Cc1cc(O)ccc1CC2.Cl. The highest BCUT2D eigenvalue weighted by Gasteiger charge is 2.13. The molecule has 0 saturated heterocycles. The summed E-state index contributed by atoms with van der Waals surface area (Å²) in [5.74, 6) is 1.29. The highest BCUT2D eigenvalue weighted by atomic mass is 35.5. The van der Waals surface area contributed by atoms with Gasteiger partial charge in [-0.1, -0.05) is 12.1 Å². The molecule has 0 amide bonds. The van der Waals surface area contributed by atoms with Crippen molar-refractivity contribution < 1.29 is 9.84 Å². The maximum Gasteiger partial charge on any atom is 0.119 e. The van der Waals surface area contributed by atoms with Crippen LogP contribution in [0.15, 0.2) is 36.4 Å². The molecule has 3 nitrogen and oxygen atoms in total. The van der Waals surface area contributed by atoms with Gasteiger partial charge in [0.2, 0.25) is 0 Å². The molecular formula is C19H24ClNO2. The first kappa shape index (κ1) is 17.6. The topological polar surface area (TPSA) is 32.7 Å². The second-order valence-corrected chi connectivity index (χ2v) is 6.08. The van der Waals surface area contributed by atoms with E-state index in [-0.39, 0.29) is 12.4 Å². The van der Waals surface area contributed by atoms with Crippen LogP contribution in [0.5, 0.6) is 11.5 Å². The van der Waals surface area contributed by atoms with Crippen molar-refractivity contribution in [2.75, 3.05) is 20.7 Å². The number of aromatic hydroxyl groups is 1. The third-order valence-corrected chi connectivity index (χ3v) is 4.47. The zero-order chi connectivity index (χ0) is 15.5. The van der Waals surface area contributed by atoms with Crippen LogP contribution in [0.3, 0.4) is 0 Å². The third-order valence-electron chi connectivity index (χ3n) is 4.47. The fourth-order valence-electron chi connectivity index (χ4n) is 3.16. The Labute approximate surface area is 144 Å². The van der Waals surface area contributed by atoms with E-state index in [4.69, 9.17) is 4.74 Å². The number of likely N-dealkylation sites (N-methyl/N-ethyl adjacent to an activating group) is 1. The van der Waals surface area contributed by atoms with Gasteiger partial charge in [0.1, 0.15) is 11.5 Å². The summed E-state index contributed by atoms with van der Waals surface area (Å²) in [4.78, 5) is 2.31. The Morgan fingerprint density at radius 1 is 0.913 bits per heavy atom. The van der Waals surface area contributed by atoms with Gasteiger partial charge in [0, 0.05) is 13.1 Å². The van der Waals surface area contributed by atoms with E-state index >= 15 is 0 Å². The van der Waals surface area contributed by atoms with Crippen molar-refractivity contribution in [2.24, 2.45) is 0 Å². The summed E-state index contributed by atoms with van der Waals surface area (Å²) in [7, 11) is 3.85. The highest BCUT2D eigenvalue weighted by molar-refractivity contribution is 5.85. The predicted octanol–water partition coefficient (Wildman–Crippen LogP) is 3.60. The van der Waals surface area contributed by atoms with Gasteiger partial charge >= 0.3 is 0 Å². The molecule has 0 bridgehead atoms. The first-order chi connectivity index (χ1) is 10.7. The number of phenols is 1. The molecule has 1 heterocycles. The zero-order valence-corrected chi connectivity index (χ0v) is 14.5. The molecule has 23 heavy (non-hydrogen) atoms. The van der Waals surface area contributed by atoms with Gasteiger partial charge in [0.15, 0.2) is 0 Å². The van der Waals surface area contributed by atoms with Crippen molar-refractivity contribution in [2.45, 2.75) is 25.8 Å². The van der Waals surface area contributed by atoms with Crippen LogP contribution in [0.25, 0.3) is 0 Å². The number of phenolic OH excluding ortho intramolecular Hbond substituents is 1. The number of rotatable bonds is 1. The quantitative estimate of drug-likeness (QED) is 0.865. The van der Waals surface area contributed by atoms with Crippen LogP contribution in [0.1, 0.15) is 22.3 Å². The molecule has 0 saturated carbocycles. The molecule has 0 radical (unpaired) electrons. The fraction of sp³-hybridized carbons (Fsp3) is 0.368. The lowest BCUT2D eigenvalue weighted by Gasteiger charge is -2.22. The van der Waals surface area contributed by atoms with Gasteiger partial charge in [0.25, 0.3) is 0 Å². The first-order valence-corrected chi connectivity index (χ1v) is 7.81. The Bertz CT molecular complexity index is 672. The molecule has 0 aromatic heterocycles. The van der Waals surface area contributed by atoms with Crippen molar-refractivity contribution in [1.29, 1.82) is 0 Å². The second kappa shape index (κ2) is 7.71. The van der Waals surface area contributed by atoms with Gasteiger partial charge in [-0.05, 0) is 72.8 Å². The lowest BCUT2D eigenvalue weighted by atomic mass is 9.94. The zero-order valence-electron chi connectivity index (χ0n) is 13.7. The van der Waals surface area contributed by atoms with Crippen LogP contribution >= 0.6 is 12.4 Å². The molecule has 4 heteroatoms. The predicted molar refractivity (Wildman–Crippen MR) is 95.8 cm³/mol. The Kier molecular flexibility index (Phi) is 5.91. The summed E-state index contributed by atoms with van der Waals surface area (Å²) in [6.45, 7) is 1.87. The second-order valence-electron chi connectivity index (χ2n) is 6.08. The normalized spacial score (nSPS) is 15.0. The summed E-state index contributed by atoms with van der Waals surface area (Å²) in [5.41, 5.74) is 5.34. The minimum absolute atomic E-state index is 0. The van der Waals surface area contributed by atoms with E-state index in [1.165, 1.54) is 22.3 Å². The van der Waals surface area contributed by atoms with E-state index in [2.05, 4.69) is 30.1 Å². The maximum atomic E-state index is 9.75. The molecular weight excluding hydrogens is 310 g/mol. The fourth-order valence-corrected chi connectivity index (χ4v) is 3.16. The number of ether oxygens (including phenoxy) is 1. The molecule has 0 atom stereocenters. The molecule has 2 aromatic carbocycles. The number of halogens is 1. The number of methoxy groups -OCH3 is 1. The Hall–Kier alpha value is -1.71. The minimum atomic E-state index is 0. The largest absolute Gasteiger partial charge is 0.508 e. The monoisotopic (exact) mass is 333 g/mol. The average molecular weight is 334 g/mol. The summed E-state index contributed by atoms with van der Waals surface area (Å²) >= 11 is 0.